The van der Waals surface area contributed by atoms with Crippen LogP contribution in [0.4, 0.5) is 4.79 Å². The Morgan fingerprint density at radius 2 is 1.95 bits per heavy atom. The van der Waals surface area contributed by atoms with Gasteiger partial charge in [0.1, 0.15) is 5.76 Å². The first-order valence-electron chi connectivity index (χ1n) is 8.19. The van der Waals surface area contributed by atoms with E-state index < -0.39 is 0 Å². The summed E-state index contributed by atoms with van der Waals surface area (Å²) in [5.74, 6) is 0.971. The molecule has 0 atom stereocenters. The van der Waals surface area contributed by atoms with Crippen LogP contribution in [0.5, 0.6) is 0 Å². The fraction of sp³-hybridized carbons (Fsp3) is 0.688. The highest BCUT2D eigenvalue weighted by atomic mass is 16.3. The molecule has 122 valence electrons. The van der Waals surface area contributed by atoms with Crippen molar-refractivity contribution in [3.63, 3.8) is 0 Å². The summed E-state index contributed by atoms with van der Waals surface area (Å²) in [4.78, 5) is 16.5. The molecule has 1 aliphatic heterocycles. The molecule has 2 heterocycles. The lowest BCUT2D eigenvalue weighted by molar-refractivity contribution is 0.107. The van der Waals surface area contributed by atoms with E-state index in [2.05, 4.69) is 10.2 Å². The second kappa shape index (κ2) is 7.15. The van der Waals surface area contributed by atoms with E-state index in [1.54, 1.807) is 6.26 Å². The molecule has 1 saturated carbocycles. The largest absolute Gasteiger partial charge is 0.468 e. The fourth-order valence-electron chi connectivity index (χ4n) is 3.22. The SMILES string of the molecule is O=C(NC1CCC(O)CC1)N1CCN(Cc2ccco2)CC1. The van der Waals surface area contributed by atoms with Gasteiger partial charge in [-0.25, -0.2) is 4.79 Å². The van der Waals surface area contributed by atoms with Crippen molar-refractivity contribution in [2.24, 2.45) is 0 Å². The number of urea groups is 1. The van der Waals surface area contributed by atoms with Gasteiger partial charge in [0, 0.05) is 32.2 Å². The van der Waals surface area contributed by atoms with Gasteiger partial charge in [-0.15, -0.1) is 0 Å². The standard InChI is InChI=1S/C16H25N3O3/c20-14-5-3-13(4-6-14)17-16(21)19-9-7-18(8-10-19)12-15-2-1-11-22-15/h1-2,11,13-14,20H,3-10,12H2,(H,17,21). The van der Waals surface area contributed by atoms with Crippen LogP contribution in [0, 0.1) is 0 Å². The van der Waals surface area contributed by atoms with Crippen molar-refractivity contribution in [3.8, 4) is 0 Å². The summed E-state index contributed by atoms with van der Waals surface area (Å²) >= 11 is 0. The smallest absolute Gasteiger partial charge is 0.317 e. The van der Waals surface area contributed by atoms with Gasteiger partial charge in [-0.05, 0) is 37.8 Å². The topological polar surface area (TPSA) is 69.0 Å². The first-order chi connectivity index (χ1) is 10.7. The van der Waals surface area contributed by atoms with Gasteiger partial charge in [0.2, 0.25) is 0 Å². The molecule has 1 saturated heterocycles. The Labute approximate surface area is 131 Å². The van der Waals surface area contributed by atoms with Crippen LogP contribution >= 0.6 is 0 Å². The van der Waals surface area contributed by atoms with Gasteiger partial charge in [-0.1, -0.05) is 0 Å². The minimum absolute atomic E-state index is 0.0408. The molecule has 22 heavy (non-hydrogen) atoms. The molecule has 2 N–H and O–H groups in total. The first kappa shape index (κ1) is 15.4. The number of carbonyl (C=O) groups is 1. The second-order valence-corrected chi connectivity index (χ2v) is 6.30. The summed E-state index contributed by atoms with van der Waals surface area (Å²) < 4.78 is 5.36. The molecule has 2 amide bonds. The van der Waals surface area contributed by atoms with Crippen LogP contribution in [0.3, 0.4) is 0 Å². The average Bonchev–Trinajstić information content (AvgIpc) is 3.03. The van der Waals surface area contributed by atoms with Gasteiger partial charge in [0.05, 0.1) is 18.9 Å². The molecule has 1 aromatic rings. The number of hydrogen-bond donors (Lipinski definition) is 2. The van der Waals surface area contributed by atoms with E-state index in [1.807, 2.05) is 17.0 Å². The van der Waals surface area contributed by atoms with Crippen LogP contribution in [0.1, 0.15) is 31.4 Å². The fourth-order valence-corrected chi connectivity index (χ4v) is 3.22. The van der Waals surface area contributed by atoms with Crippen LogP contribution in [-0.2, 0) is 6.54 Å². The lowest BCUT2D eigenvalue weighted by atomic mass is 9.93. The van der Waals surface area contributed by atoms with Crippen molar-refractivity contribution in [2.45, 2.75) is 44.4 Å². The van der Waals surface area contributed by atoms with Crippen molar-refractivity contribution < 1.29 is 14.3 Å². The molecule has 1 aromatic heterocycles. The zero-order chi connectivity index (χ0) is 15.4. The summed E-state index contributed by atoms with van der Waals surface area (Å²) in [7, 11) is 0. The number of aliphatic hydroxyl groups excluding tert-OH is 1. The number of aliphatic hydroxyl groups is 1. The third kappa shape index (κ3) is 4.01. The average molecular weight is 307 g/mol. The maximum atomic E-state index is 12.3. The molecule has 6 heteroatoms. The van der Waals surface area contributed by atoms with E-state index in [9.17, 15) is 9.90 Å². The molecule has 0 bridgehead atoms. The quantitative estimate of drug-likeness (QED) is 0.886. The number of nitrogens with one attached hydrogen (secondary N) is 1. The maximum Gasteiger partial charge on any atom is 0.317 e. The van der Waals surface area contributed by atoms with Crippen molar-refractivity contribution >= 4 is 6.03 Å². The normalized spacial score (nSPS) is 26.9. The van der Waals surface area contributed by atoms with Crippen molar-refractivity contribution in [1.82, 2.24) is 15.1 Å². The van der Waals surface area contributed by atoms with Gasteiger partial charge in [0.15, 0.2) is 0 Å². The molecule has 6 nitrogen and oxygen atoms in total. The van der Waals surface area contributed by atoms with Crippen molar-refractivity contribution in [1.29, 1.82) is 0 Å². The summed E-state index contributed by atoms with van der Waals surface area (Å²) in [6.45, 7) is 4.06. The molecule has 3 rings (SSSR count). The predicted octanol–water partition coefficient (Wildman–Crippen LogP) is 1.41. The highest BCUT2D eigenvalue weighted by Gasteiger charge is 2.25. The number of furan rings is 1. The molecule has 2 aliphatic rings. The molecule has 0 aromatic carbocycles. The van der Waals surface area contributed by atoms with Crippen molar-refractivity contribution in [3.05, 3.63) is 24.2 Å². The Balaban J connectivity index is 1.40. The minimum atomic E-state index is -0.182. The van der Waals surface area contributed by atoms with Crippen LogP contribution in [0.25, 0.3) is 0 Å². The van der Waals surface area contributed by atoms with Gasteiger partial charge >= 0.3 is 6.03 Å². The highest BCUT2D eigenvalue weighted by molar-refractivity contribution is 5.74. The third-order valence-electron chi connectivity index (χ3n) is 4.64. The van der Waals surface area contributed by atoms with Crippen LogP contribution in [-0.4, -0.2) is 59.3 Å². The molecule has 2 fully saturated rings. The van der Waals surface area contributed by atoms with Crippen LogP contribution in [0.2, 0.25) is 0 Å². The van der Waals surface area contributed by atoms with E-state index in [0.717, 1.165) is 64.2 Å². The van der Waals surface area contributed by atoms with Crippen LogP contribution in [0.15, 0.2) is 22.8 Å². The number of rotatable bonds is 3. The Bertz CT molecular complexity index is 461. The van der Waals surface area contributed by atoms with E-state index in [4.69, 9.17) is 4.42 Å². The van der Waals surface area contributed by atoms with Gasteiger partial charge < -0.3 is 19.7 Å². The highest BCUT2D eigenvalue weighted by Crippen LogP contribution is 2.18. The molecule has 0 spiro atoms. The monoisotopic (exact) mass is 307 g/mol. The first-order valence-corrected chi connectivity index (χ1v) is 8.19. The number of amides is 2. The van der Waals surface area contributed by atoms with Crippen LogP contribution < -0.4 is 5.32 Å². The lowest BCUT2D eigenvalue weighted by Gasteiger charge is -2.36. The number of piperazine rings is 1. The molecule has 1 aliphatic carbocycles. The van der Waals surface area contributed by atoms with E-state index >= 15 is 0 Å². The number of nitrogens with zero attached hydrogens (tertiary/aromatic N) is 2. The summed E-state index contributed by atoms with van der Waals surface area (Å²) in [6, 6.07) is 4.15. The van der Waals surface area contributed by atoms with Gasteiger partial charge in [-0.2, -0.15) is 0 Å². The molecular weight excluding hydrogens is 282 g/mol. The predicted molar refractivity (Wildman–Crippen MR) is 82.4 cm³/mol. The summed E-state index contributed by atoms with van der Waals surface area (Å²) in [5, 5.41) is 12.6. The Morgan fingerprint density at radius 3 is 2.59 bits per heavy atom. The van der Waals surface area contributed by atoms with E-state index in [1.165, 1.54) is 0 Å². The zero-order valence-electron chi connectivity index (χ0n) is 12.9. The maximum absolute atomic E-state index is 12.3. The Kier molecular flexibility index (Phi) is 5.00. The second-order valence-electron chi connectivity index (χ2n) is 6.30. The Hall–Kier alpha value is -1.53. The van der Waals surface area contributed by atoms with Gasteiger partial charge in [-0.3, -0.25) is 4.90 Å². The van der Waals surface area contributed by atoms with Crippen molar-refractivity contribution in [2.75, 3.05) is 26.2 Å². The van der Waals surface area contributed by atoms with E-state index in [0.29, 0.717) is 0 Å². The summed E-state index contributed by atoms with van der Waals surface area (Å²) in [6.07, 6.45) is 4.86. The summed E-state index contributed by atoms with van der Waals surface area (Å²) in [5.41, 5.74) is 0. The molecule has 0 unspecified atom stereocenters. The van der Waals surface area contributed by atoms with Gasteiger partial charge in [0.25, 0.3) is 0 Å². The molecule has 0 radical (unpaired) electrons. The zero-order valence-corrected chi connectivity index (χ0v) is 12.9. The third-order valence-corrected chi connectivity index (χ3v) is 4.64. The Morgan fingerprint density at radius 1 is 1.23 bits per heavy atom. The molecular formula is C16H25N3O3. The van der Waals surface area contributed by atoms with E-state index in [-0.39, 0.29) is 18.2 Å². The minimum Gasteiger partial charge on any atom is -0.468 e. The lowest BCUT2D eigenvalue weighted by Crippen LogP contribution is -2.53. The number of hydrogen-bond acceptors (Lipinski definition) is 4. The number of carbonyl (C=O) groups excluding carboxylic acids is 1.